The summed E-state index contributed by atoms with van der Waals surface area (Å²) in [5.74, 6) is -3.71. The smallest absolute Gasteiger partial charge is 0.342 e. The van der Waals surface area contributed by atoms with Gasteiger partial charge in [-0.05, 0) is 48.4 Å². The summed E-state index contributed by atoms with van der Waals surface area (Å²) in [6, 6.07) is 17.7. The van der Waals surface area contributed by atoms with Gasteiger partial charge in [-0.3, -0.25) is 14.9 Å². The molecule has 1 amide bonds. The van der Waals surface area contributed by atoms with E-state index in [1.54, 1.807) is 31.2 Å². The Labute approximate surface area is 232 Å². The number of carbonyl (C=O) groups is 2. The van der Waals surface area contributed by atoms with Gasteiger partial charge in [-0.25, -0.2) is 18.6 Å². The Morgan fingerprint density at radius 3 is 2.41 bits per heavy atom. The molecule has 0 fully saturated rings. The van der Waals surface area contributed by atoms with E-state index in [-0.39, 0.29) is 23.7 Å². The lowest BCUT2D eigenvalue weighted by molar-refractivity contribution is -0.385. The summed E-state index contributed by atoms with van der Waals surface area (Å²) in [5.41, 5.74) is 0.210. The molecule has 1 heterocycles. The molecule has 3 aromatic carbocycles. The van der Waals surface area contributed by atoms with Crippen molar-refractivity contribution in [2.45, 2.75) is 19.0 Å². The number of nitro groups is 1. The zero-order valence-corrected chi connectivity index (χ0v) is 21.6. The number of hydrogen-bond donors (Lipinski definition) is 3. The van der Waals surface area contributed by atoms with Gasteiger partial charge in [0.05, 0.1) is 22.6 Å². The molecule has 0 saturated carbocycles. The zero-order valence-electron chi connectivity index (χ0n) is 21.6. The fourth-order valence-electron chi connectivity index (χ4n) is 4.03. The number of nitrogens with one attached hydrogen (secondary N) is 2. The van der Waals surface area contributed by atoms with Crippen LogP contribution in [-0.4, -0.2) is 33.5 Å². The predicted molar refractivity (Wildman–Crippen MR) is 145 cm³/mol. The van der Waals surface area contributed by atoms with Gasteiger partial charge >= 0.3 is 5.97 Å². The summed E-state index contributed by atoms with van der Waals surface area (Å²) in [6.45, 7) is 1.56. The molecule has 1 unspecified atom stereocenters. The van der Waals surface area contributed by atoms with Crippen molar-refractivity contribution in [3.8, 4) is 5.75 Å². The van der Waals surface area contributed by atoms with Crippen molar-refractivity contribution < 1.29 is 33.1 Å². The van der Waals surface area contributed by atoms with E-state index in [1.807, 2.05) is 18.2 Å². The lowest BCUT2D eigenvalue weighted by Gasteiger charge is -2.22. The van der Waals surface area contributed by atoms with Crippen LogP contribution in [0.4, 0.5) is 20.3 Å². The highest BCUT2D eigenvalue weighted by Crippen LogP contribution is 2.27. The topological polar surface area (TPSA) is 144 Å². The minimum absolute atomic E-state index is 0.0657. The Balaban J connectivity index is 1.56. The molecule has 0 aliphatic heterocycles. The number of aromatic carboxylic acids is 1. The minimum atomic E-state index is -1.47. The number of anilines is 1. The van der Waals surface area contributed by atoms with Crippen LogP contribution in [0.2, 0.25) is 0 Å². The maximum Gasteiger partial charge on any atom is 0.342 e. The fraction of sp³-hybridized carbons (Fsp3) is 0.138. The van der Waals surface area contributed by atoms with Crippen LogP contribution in [0.1, 0.15) is 50.9 Å². The Morgan fingerprint density at radius 2 is 1.73 bits per heavy atom. The fourth-order valence-corrected chi connectivity index (χ4v) is 4.03. The van der Waals surface area contributed by atoms with Crippen molar-refractivity contribution in [2.75, 3.05) is 11.9 Å². The van der Waals surface area contributed by atoms with E-state index in [0.29, 0.717) is 5.56 Å². The van der Waals surface area contributed by atoms with Crippen LogP contribution in [0.5, 0.6) is 5.75 Å². The number of nitro benzene ring substituents is 1. The van der Waals surface area contributed by atoms with Gasteiger partial charge in [-0.15, -0.1) is 0 Å². The lowest BCUT2D eigenvalue weighted by atomic mass is 10.1. The first-order valence-corrected chi connectivity index (χ1v) is 12.3. The minimum Gasteiger partial charge on any atom is -0.491 e. The number of nitrogens with zero attached hydrogens (tertiary/aromatic N) is 2. The van der Waals surface area contributed by atoms with Crippen LogP contribution < -0.4 is 15.4 Å². The predicted octanol–water partition coefficient (Wildman–Crippen LogP) is 5.69. The van der Waals surface area contributed by atoms with E-state index in [9.17, 15) is 33.6 Å². The van der Waals surface area contributed by atoms with Crippen molar-refractivity contribution in [3.05, 3.63) is 129 Å². The third kappa shape index (κ3) is 6.98. The highest BCUT2D eigenvalue weighted by atomic mass is 19.2. The molecule has 4 aromatic rings. The van der Waals surface area contributed by atoms with Gasteiger partial charge in [0.2, 0.25) is 0 Å². The number of aromatic nitrogens is 1. The molecule has 12 heteroatoms. The van der Waals surface area contributed by atoms with Gasteiger partial charge in [0.25, 0.3) is 11.6 Å². The average Bonchev–Trinajstić information content (AvgIpc) is 2.97. The molecule has 1 aromatic heterocycles. The SMILES string of the molecule is C[C@H](NC(=O)c1cccnc1NC(COc1ccc([N+](=O)[O-])c(C(=O)O)c1)c1ccccc1)c1ccc(F)c(F)c1. The Morgan fingerprint density at radius 1 is 0.976 bits per heavy atom. The molecule has 210 valence electrons. The maximum absolute atomic E-state index is 13.7. The Bertz CT molecular complexity index is 1590. The number of carbonyl (C=O) groups excluding carboxylic acids is 1. The van der Waals surface area contributed by atoms with Gasteiger partial charge in [0.15, 0.2) is 11.6 Å². The van der Waals surface area contributed by atoms with Crippen molar-refractivity contribution in [1.29, 1.82) is 0 Å². The van der Waals surface area contributed by atoms with Crippen LogP contribution in [0, 0.1) is 21.7 Å². The number of hydrogen-bond acceptors (Lipinski definition) is 7. The Hall–Kier alpha value is -5.39. The average molecular weight is 563 g/mol. The largest absolute Gasteiger partial charge is 0.491 e. The molecule has 10 nitrogen and oxygen atoms in total. The molecule has 0 spiro atoms. The lowest BCUT2D eigenvalue weighted by Crippen LogP contribution is -2.29. The second kappa shape index (κ2) is 12.6. The highest BCUT2D eigenvalue weighted by Gasteiger charge is 2.23. The van der Waals surface area contributed by atoms with Gasteiger partial charge in [0, 0.05) is 18.3 Å². The van der Waals surface area contributed by atoms with Crippen LogP contribution >= 0.6 is 0 Å². The second-order valence-electron chi connectivity index (χ2n) is 8.93. The standard InChI is InChI=1S/C29H24F2N4O6/c1-17(19-9-11-23(30)24(31)14-19)33-28(36)21-8-5-13-32-27(21)34-25(18-6-3-2-4-7-18)16-41-20-10-12-26(35(39)40)22(15-20)29(37)38/h2-15,17,25H,16H2,1H3,(H,32,34)(H,33,36)(H,37,38)/t17-,25?/m0/s1. The van der Waals surface area contributed by atoms with Gasteiger partial charge in [-0.1, -0.05) is 36.4 Å². The van der Waals surface area contributed by atoms with Crippen LogP contribution in [0.15, 0.2) is 85.1 Å². The first-order chi connectivity index (χ1) is 19.6. The van der Waals surface area contributed by atoms with E-state index < -0.39 is 51.8 Å². The second-order valence-corrected chi connectivity index (χ2v) is 8.93. The Kier molecular flexibility index (Phi) is 8.82. The number of carboxylic acid groups (broad SMARTS) is 1. The number of halogens is 2. The van der Waals surface area contributed by atoms with Crippen LogP contribution in [0.3, 0.4) is 0 Å². The van der Waals surface area contributed by atoms with E-state index in [1.165, 1.54) is 18.3 Å². The normalized spacial score (nSPS) is 12.2. The van der Waals surface area contributed by atoms with Crippen molar-refractivity contribution >= 4 is 23.4 Å². The number of pyridine rings is 1. The van der Waals surface area contributed by atoms with E-state index in [4.69, 9.17) is 4.74 Å². The molecule has 0 radical (unpaired) electrons. The molecule has 0 aliphatic carbocycles. The summed E-state index contributed by atoms with van der Waals surface area (Å²) in [7, 11) is 0. The van der Waals surface area contributed by atoms with Crippen LogP contribution in [-0.2, 0) is 0 Å². The van der Waals surface area contributed by atoms with Crippen LogP contribution in [0.25, 0.3) is 0 Å². The van der Waals surface area contributed by atoms with Crippen molar-refractivity contribution in [3.63, 3.8) is 0 Å². The van der Waals surface area contributed by atoms with Crippen molar-refractivity contribution in [1.82, 2.24) is 10.3 Å². The summed E-state index contributed by atoms with van der Waals surface area (Å²) >= 11 is 0. The van der Waals surface area contributed by atoms with E-state index >= 15 is 0 Å². The molecule has 4 rings (SSSR count). The molecular weight excluding hydrogens is 538 g/mol. The van der Waals surface area contributed by atoms with Crippen molar-refractivity contribution in [2.24, 2.45) is 0 Å². The molecule has 0 aliphatic rings. The summed E-state index contributed by atoms with van der Waals surface area (Å²) in [5, 5.41) is 26.5. The first-order valence-electron chi connectivity index (χ1n) is 12.3. The summed E-state index contributed by atoms with van der Waals surface area (Å²) in [6.07, 6.45) is 1.48. The summed E-state index contributed by atoms with van der Waals surface area (Å²) in [4.78, 5) is 39.4. The number of rotatable bonds is 11. The number of amides is 1. The molecule has 3 N–H and O–H groups in total. The molecule has 41 heavy (non-hydrogen) atoms. The molecule has 0 bridgehead atoms. The van der Waals surface area contributed by atoms with Gasteiger partial charge in [0.1, 0.15) is 23.7 Å². The maximum atomic E-state index is 13.7. The highest BCUT2D eigenvalue weighted by molar-refractivity contribution is 5.99. The third-order valence-electron chi connectivity index (χ3n) is 6.17. The molecule has 2 atom stereocenters. The number of carboxylic acids is 1. The molecular formula is C29H24F2N4O6. The van der Waals surface area contributed by atoms with E-state index in [0.717, 1.165) is 29.8 Å². The quantitative estimate of drug-likeness (QED) is 0.156. The zero-order chi connectivity index (χ0) is 29.5. The monoisotopic (exact) mass is 562 g/mol. The third-order valence-corrected chi connectivity index (χ3v) is 6.17. The van der Waals surface area contributed by atoms with Gasteiger partial charge in [-0.2, -0.15) is 0 Å². The van der Waals surface area contributed by atoms with E-state index in [2.05, 4.69) is 15.6 Å². The number of ether oxygens (including phenoxy) is 1. The number of benzene rings is 3. The van der Waals surface area contributed by atoms with Gasteiger partial charge < -0.3 is 20.5 Å². The summed E-state index contributed by atoms with van der Waals surface area (Å²) < 4.78 is 32.9. The first kappa shape index (κ1) is 28.6. The molecule has 0 saturated heterocycles.